The fraction of sp³-hybridized carbons (Fsp3) is 0.667. The smallest absolute Gasteiger partial charge is 0.133 e. The number of rotatable bonds is 4. The lowest BCUT2D eigenvalue weighted by molar-refractivity contribution is 0.185. The van der Waals surface area contributed by atoms with Gasteiger partial charge in [0.2, 0.25) is 0 Å². The molecule has 1 aromatic heterocycles. The van der Waals surface area contributed by atoms with Crippen molar-refractivity contribution in [3.8, 4) is 0 Å². The van der Waals surface area contributed by atoms with Crippen molar-refractivity contribution in [3.63, 3.8) is 0 Å². The number of hydrogen-bond acceptors (Lipinski definition) is 3. The predicted octanol–water partition coefficient (Wildman–Crippen LogP) is 2.66. The lowest BCUT2D eigenvalue weighted by atomic mass is 10.0. The Labute approximate surface area is 101 Å². The molecule has 1 atom stereocenters. The van der Waals surface area contributed by atoms with E-state index in [1.807, 2.05) is 6.07 Å². The first kappa shape index (κ1) is 11.8. The van der Waals surface area contributed by atoms with Crippen molar-refractivity contribution in [1.82, 2.24) is 9.97 Å². The Morgan fingerprint density at radius 3 is 3.06 bits per heavy atom. The molecule has 0 amide bonds. The molecule has 0 N–H and O–H groups in total. The Morgan fingerprint density at radius 1 is 1.50 bits per heavy atom. The summed E-state index contributed by atoms with van der Waals surface area (Å²) in [5, 5.41) is 0.562. The van der Waals surface area contributed by atoms with Crippen LogP contribution >= 0.6 is 11.6 Å². The van der Waals surface area contributed by atoms with E-state index in [4.69, 9.17) is 16.3 Å². The summed E-state index contributed by atoms with van der Waals surface area (Å²) in [4.78, 5) is 8.81. The van der Waals surface area contributed by atoms with Gasteiger partial charge in [-0.15, -0.1) is 0 Å². The number of aromatic nitrogens is 2. The number of nitrogens with zero attached hydrogens (tertiary/aromatic N) is 2. The Bertz CT molecular complexity index is 351. The van der Waals surface area contributed by atoms with Gasteiger partial charge in [0.15, 0.2) is 0 Å². The summed E-state index contributed by atoms with van der Waals surface area (Å²) in [6, 6.07) is 1.86. The van der Waals surface area contributed by atoms with E-state index in [0.29, 0.717) is 11.1 Å². The molecule has 16 heavy (non-hydrogen) atoms. The third kappa shape index (κ3) is 3.16. The molecule has 4 heteroatoms. The molecule has 0 aromatic carbocycles. The summed E-state index contributed by atoms with van der Waals surface area (Å²) >= 11 is 5.99. The molecule has 2 heterocycles. The highest BCUT2D eigenvalue weighted by Crippen LogP contribution is 2.18. The molecule has 1 saturated heterocycles. The zero-order chi connectivity index (χ0) is 11.4. The number of halogens is 1. The van der Waals surface area contributed by atoms with Crippen molar-refractivity contribution >= 4 is 11.6 Å². The van der Waals surface area contributed by atoms with Crippen LogP contribution in [-0.4, -0.2) is 23.2 Å². The summed E-state index contributed by atoms with van der Waals surface area (Å²) < 4.78 is 5.35. The van der Waals surface area contributed by atoms with E-state index in [0.717, 1.165) is 50.4 Å². The van der Waals surface area contributed by atoms with Crippen molar-refractivity contribution < 1.29 is 4.74 Å². The van der Waals surface area contributed by atoms with Crippen LogP contribution in [0.15, 0.2) is 6.07 Å². The van der Waals surface area contributed by atoms with Crippen molar-refractivity contribution in [1.29, 1.82) is 0 Å². The van der Waals surface area contributed by atoms with Crippen molar-refractivity contribution in [2.24, 2.45) is 5.92 Å². The van der Waals surface area contributed by atoms with Gasteiger partial charge in [-0.25, -0.2) is 9.97 Å². The second-order valence-electron chi connectivity index (χ2n) is 4.28. The second-order valence-corrected chi connectivity index (χ2v) is 4.67. The minimum absolute atomic E-state index is 0.562. The van der Waals surface area contributed by atoms with E-state index in [1.165, 1.54) is 0 Å². The van der Waals surface area contributed by atoms with Gasteiger partial charge in [0, 0.05) is 25.3 Å². The second kappa shape index (κ2) is 5.60. The molecule has 0 radical (unpaired) electrons. The van der Waals surface area contributed by atoms with E-state index in [-0.39, 0.29) is 0 Å². The quantitative estimate of drug-likeness (QED) is 0.759. The highest BCUT2D eigenvalue weighted by molar-refractivity contribution is 6.29. The van der Waals surface area contributed by atoms with Crippen LogP contribution in [0.5, 0.6) is 0 Å². The Kier molecular flexibility index (Phi) is 4.13. The third-order valence-corrected chi connectivity index (χ3v) is 2.99. The van der Waals surface area contributed by atoms with Gasteiger partial charge in [0.1, 0.15) is 11.0 Å². The summed E-state index contributed by atoms with van der Waals surface area (Å²) in [7, 11) is 0. The Balaban J connectivity index is 2.06. The Hall–Kier alpha value is -0.670. The van der Waals surface area contributed by atoms with E-state index < -0.39 is 0 Å². The first-order valence-electron chi connectivity index (χ1n) is 5.88. The molecule has 1 unspecified atom stereocenters. The standard InChI is InChI=1S/C12H17ClN2O/c1-2-3-10-7-11(13)15-12(14-10)6-9-4-5-16-8-9/h7,9H,2-6,8H2,1H3. The molecule has 0 spiro atoms. The monoisotopic (exact) mass is 240 g/mol. The zero-order valence-corrected chi connectivity index (χ0v) is 10.3. The van der Waals surface area contributed by atoms with Crippen LogP contribution in [0.2, 0.25) is 5.15 Å². The highest BCUT2D eigenvalue weighted by Gasteiger charge is 2.17. The third-order valence-electron chi connectivity index (χ3n) is 2.80. The maximum absolute atomic E-state index is 5.99. The van der Waals surface area contributed by atoms with E-state index >= 15 is 0 Å². The van der Waals surface area contributed by atoms with Gasteiger partial charge in [-0.2, -0.15) is 0 Å². The number of ether oxygens (including phenoxy) is 1. The van der Waals surface area contributed by atoms with Gasteiger partial charge in [-0.05, 0) is 24.8 Å². The fourth-order valence-electron chi connectivity index (χ4n) is 1.99. The average Bonchev–Trinajstić information content (AvgIpc) is 2.70. The van der Waals surface area contributed by atoms with E-state index in [1.54, 1.807) is 0 Å². The molecule has 1 aromatic rings. The van der Waals surface area contributed by atoms with E-state index in [2.05, 4.69) is 16.9 Å². The van der Waals surface area contributed by atoms with Gasteiger partial charge in [-0.1, -0.05) is 24.9 Å². The topological polar surface area (TPSA) is 35.0 Å². The summed E-state index contributed by atoms with van der Waals surface area (Å²) in [6.45, 7) is 3.84. The normalized spacial score (nSPS) is 20.2. The van der Waals surface area contributed by atoms with Crippen LogP contribution in [0.3, 0.4) is 0 Å². The van der Waals surface area contributed by atoms with Crippen molar-refractivity contribution in [2.75, 3.05) is 13.2 Å². The van der Waals surface area contributed by atoms with Crippen LogP contribution in [0.4, 0.5) is 0 Å². The molecule has 1 fully saturated rings. The molecule has 0 saturated carbocycles. The molecular formula is C12H17ClN2O. The van der Waals surface area contributed by atoms with E-state index in [9.17, 15) is 0 Å². The molecule has 0 bridgehead atoms. The Morgan fingerprint density at radius 2 is 2.38 bits per heavy atom. The molecule has 88 valence electrons. The molecule has 2 rings (SSSR count). The first-order valence-corrected chi connectivity index (χ1v) is 6.26. The van der Waals surface area contributed by atoms with Gasteiger partial charge >= 0.3 is 0 Å². The average molecular weight is 241 g/mol. The maximum Gasteiger partial charge on any atom is 0.133 e. The minimum Gasteiger partial charge on any atom is -0.381 e. The molecule has 1 aliphatic rings. The fourth-order valence-corrected chi connectivity index (χ4v) is 2.22. The largest absolute Gasteiger partial charge is 0.381 e. The molecular weight excluding hydrogens is 224 g/mol. The van der Waals surface area contributed by atoms with Crippen LogP contribution in [0.25, 0.3) is 0 Å². The summed E-state index contributed by atoms with van der Waals surface area (Å²) in [5.41, 5.74) is 1.05. The zero-order valence-electron chi connectivity index (χ0n) is 9.58. The summed E-state index contributed by atoms with van der Waals surface area (Å²) in [5.74, 6) is 1.43. The van der Waals surface area contributed by atoms with Crippen molar-refractivity contribution in [3.05, 3.63) is 22.7 Å². The van der Waals surface area contributed by atoms with Crippen LogP contribution in [-0.2, 0) is 17.6 Å². The predicted molar refractivity (Wildman–Crippen MR) is 63.7 cm³/mol. The molecule has 3 nitrogen and oxygen atoms in total. The SMILES string of the molecule is CCCc1cc(Cl)nc(CC2CCOC2)n1. The van der Waals surface area contributed by atoms with Gasteiger partial charge in [0.25, 0.3) is 0 Å². The van der Waals surface area contributed by atoms with Gasteiger partial charge in [-0.3, -0.25) is 0 Å². The minimum atomic E-state index is 0.562. The van der Waals surface area contributed by atoms with Gasteiger partial charge < -0.3 is 4.74 Å². The van der Waals surface area contributed by atoms with Crippen LogP contribution in [0, 0.1) is 5.92 Å². The first-order chi connectivity index (χ1) is 7.78. The maximum atomic E-state index is 5.99. The highest BCUT2D eigenvalue weighted by atomic mass is 35.5. The number of aryl methyl sites for hydroxylation is 1. The number of hydrogen-bond donors (Lipinski definition) is 0. The van der Waals surface area contributed by atoms with Crippen LogP contribution < -0.4 is 0 Å². The molecule has 0 aliphatic carbocycles. The summed E-state index contributed by atoms with van der Waals surface area (Å²) in [6.07, 6.45) is 4.05. The van der Waals surface area contributed by atoms with Crippen LogP contribution in [0.1, 0.15) is 31.3 Å². The van der Waals surface area contributed by atoms with Gasteiger partial charge in [0.05, 0.1) is 0 Å². The lowest BCUT2D eigenvalue weighted by Crippen LogP contribution is -2.08. The van der Waals surface area contributed by atoms with Crippen molar-refractivity contribution in [2.45, 2.75) is 32.6 Å². The lowest BCUT2D eigenvalue weighted by Gasteiger charge is -2.08. The molecule has 1 aliphatic heterocycles.